The third-order valence-corrected chi connectivity index (χ3v) is 3.10. The fourth-order valence-electron chi connectivity index (χ4n) is 2.13. The fraction of sp³-hybridized carbons (Fsp3) is 0.909. The van der Waals surface area contributed by atoms with Gasteiger partial charge in [-0.05, 0) is 0 Å². The van der Waals surface area contributed by atoms with Crippen molar-refractivity contribution < 1.29 is 19.4 Å². The average molecular weight is 244 g/mol. The Labute approximate surface area is 101 Å². The van der Waals surface area contributed by atoms with Crippen molar-refractivity contribution in [2.75, 3.05) is 46.0 Å². The monoisotopic (exact) mass is 244 g/mol. The summed E-state index contributed by atoms with van der Waals surface area (Å²) in [5.41, 5.74) is 0. The maximum Gasteiger partial charge on any atom is 0.225 e. The number of amides is 1. The van der Waals surface area contributed by atoms with Crippen LogP contribution in [0.4, 0.5) is 0 Å². The maximum atomic E-state index is 12.0. The van der Waals surface area contributed by atoms with E-state index in [4.69, 9.17) is 14.6 Å². The molecule has 0 aromatic carbocycles. The average Bonchev–Trinajstić information content (AvgIpc) is 2.40. The van der Waals surface area contributed by atoms with Crippen LogP contribution in [0.15, 0.2) is 0 Å². The molecule has 1 amide bonds. The van der Waals surface area contributed by atoms with E-state index in [1.165, 1.54) is 0 Å². The summed E-state index contributed by atoms with van der Waals surface area (Å²) in [6.45, 7) is 3.81. The van der Waals surface area contributed by atoms with E-state index in [0.717, 1.165) is 13.1 Å². The standard InChI is InChI=1S/C11H20N2O4/c14-8-10-7-13(2-4-17-10)11(15)5-9-6-12-1-3-16-9/h9-10,12,14H,1-8H2. The summed E-state index contributed by atoms with van der Waals surface area (Å²) < 4.78 is 10.8. The van der Waals surface area contributed by atoms with Gasteiger partial charge in [0.05, 0.1) is 38.4 Å². The Hall–Kier alpha value is -0.690. The van der Waals surface area contributed by atoms with Crippen molar-refractivity contribution in [1.29, 1.82) is 0 Å². The van der Waals surface area contributed by atoms with Crippen LogP contribution in [0, 0.1) is 0 Å². The number of morpholine rings is 2. The minimum atomic E-state index is -0.238. The molecule has 6 nitrogen and oxygen atoms in total. The van der Waals surface area contributed by atoms with Crippen molar-refractivity contribution in [3.8, 4) is 0 Å². The molecule has 2 aliphatic rings. The number of carbonyl (C=O) groups excluding carboxylic acids is 1. The van der Waals surface area contributed by atoms with E-state index >= 15 is 0 Å². The molecular weight excluding hydrogens is 224 g/mol. The summed E-state index contributed by atoms with van der Waals surface area (Å²) in [5.74, 6) is 0.0838. The Morgan fingerprint density at radius 3 is 2.88 bits per heavy atom. The van der Waals surface area contributed by atoms with E-state index in [1.807, 2.05) is 0 Å². The molecule has 2 heterocycles. The molecule has 6 heteroatoms. The first kappa shape index (κ1) is 12.8. The van der Waals surface area contributed by atoms with Crippen molar-refractivity contribution in [2.24, 2.45) is 0 Å². The molecule has 98 valence electrons. The number of aliphatic hydroxyl groups is 1. The van der Waals surface area contributed by atoms with Crippen molar-refractivity contribution in [2.45, 2.75) is 18.6 Å². The third-order valence-electron chi connectivity index (χ3n) is 3.10. The van der Waals surface area contributed by atoms with Crippen molar-refractivity contribution in [1.82, 2.24) is 10.2 Å². The van der Waals surface area contributed by atoms with Gasteiger partial charge in [0.25, 0.3) is 0 Å². The van der Waals surface area contributed by atoms with Crippen molar-refractivity contribution in [3.63, 3.8) is 0 Å². The minimum absolute atomic E-state index is 0.0216. The molecule has 2 aliphatic heterocycles. The Bertz CT molecular complexity index is 256. The van der Waals surface area contributed by atoms with Gasteiger partial charge in [0.1, 0.15) is 0 Å². The molecular formula is C11H20N2O4. The molecule has 0 spiro atoms. The summed E-state index contributed by atoms with van der Waals surface area (Å²) in [5, 5.41) is 12.2. The molecule has 0 radical (unpaired) electrons. The van der Waals surface area contributed by atoms with Crippen LogP contribution < -0.4 is 5.32 Å². The highest BCUT2D eigenvalue weighted by molar-refractivity contribution is 5.76. The molecule has 2 rings (SSSR count). The fourth-order valence-corrected chi connectivity index (χ4v) is 2.13. The highest BCUT2D eigenvalue weighted by Gasteiger charge is 2.26. The van der Waals surface area contributed by atoms with Gasteiger partial charge >= 0.3 is 0 Å². The lowest BCUT2D eigenvalue weighted by Gasteiger charge is -2.33. The van der Waals surface area contributed by atoms with Gasteiger partial charge in [0.2, 0.25) is 5.91 Å². The summed E-state index contributed by atoms with van der Waals surface area (Å²) >= 11 is 0. The van der Waals surface area contributed by atoms with Gasteiger partial charge in [0, 0.05) is 26.2 Å². The second-order valence-corrected chi connectivity index (χ2v) is 4.42. The Morgan fingerprint density at radius 2 is 2.18 bits per heavy atom. The van der Waals surface area contributed by atoms with Crippen LogP contribution in [0.3, 0.4) is 0 Å². The van der Waals surface area contributed by atoms with Crippen LogP contribution in [0.2, 0.25) is 0 Å². The van der Waals surface area contributed by atoms with E-state index in [-0.39, 0.29) is 24.7 Å². The van der Waals surface area contributed by atoms with Gasteiger partial charge in [-0.2, -0.15) is 0 Å². The van der Waals surface area contributed by atoms with Gasteiger partial charge in [-0.25, -0.2) is 0 Å². The Balaban J connectivity index is 1.78. The first-order valence-electron chi connectivity index (χ1n) is 6.12. The molecule has 2 unspecified atom stereocenters. The number of hydrogen-bond donors (Lipinski definition) is 2. The zero-order valence-corrected chi connectivity index (χ0v) is 9.93. The summed E-state index contributed by atoms with van der Waals surface area (Å²) in [6, 6.07) is 0. The molecule has 0 aromatic heterocycles. The first-order chi connectivity index (χ1) is 8.29. The number of ether oxygens (including phenoxy) is 2. The van der Waals surface area contributed by atoms with E-state index in [1.54, 1.807) is 4.90 Å². The van der Waals surface area contributed by atoms with Gasteiger partial charge in [-0.15, -0.1) is 0 Å². The molecule has 2 fully saturated rings. The van der Waals surface area contributed by atoms with Gasteiger partial charge in [-0.3, -0.25) is 4.79 Å². The maximum absolute atomic E-state index is 12.0. The number of rotatable bonds is 3. The molecule has 0 aromatic rings. The van der Waals surface area contributed by atoms with Crippen molar-refractivity contribution >= 4 is 5.91 Å². The van der Waals surface area contributed by atoms with Crippen LogP contribution in [0.25, 0.3) is 0 Å². The number of nitrogens with zero attached hydrogens (tertiary/aromatic N) is 1. The van der Waals surface area contributed by atoms with E-state index in [9.17, 15) is 4.79 Å². The molecule has 0 aliphatic carbocycles. The Kier molecular flexibility index (Phi) is 4.73. The predicted octanol–water partition coefficient (Wildman–Crippen LogP) is -1.42. The van der Waals surface area contributed by atoms with E-state index in [2.05, 4.69) is 5.32 Å². The van der Waals surface area contributed by atoms with Crippen LogP contribution in [0.1, 0.15) is 6.42 Å². The zero-order chi connectivity index (χ0) is 12.1. The lowest BCUT2D eigenvalue weighted by Crippen LogP contribution is -2.49. The van der Waals surface area contributed by atoms with Crippen LogP contribution in [0.5, 0.6) is 0 Å². The predicted molar refractivity (Wildman–Crippen MR) is 60.6 cm³/mol. The highest BCUT2D eigenvalue weighted by atomic mass is 16.5. The summed E-state index contributed by atoms with van der Waals surface area (Å²) in [4.78, 5) is 13.8. The van der Waals surface area contributed by atoms with Crippen molar-refractivity contribution in [3.05, 3.63) is 0 Å². The first-order valence-corrected chi connectivity index (χ1v) is 6.12. The van der Waals surface area contributed by atoms with Crippen LogP contribution in [-0.2, 0) is 14.3 Å². The van der Waals surface area contributed by atoms with Gasteiger partial charge < -0.3 is 24.8 Å². The van der Waals surface area contributed by atoms with Crippen LogP contribution >= 0.6 is 0 Å². The van der Waals surface area contributed by atoms with Crippen LogP contribution in [-0.4, -0.2) is 74.1 Å². The molecule has 2 atom stereocenters. The lowest BCUT2D eigenvalue weighted by molar-refractivity contribution is -0.143. The SMILES string of the molecule is O=C(CC1CNCCO1)N1CCOC(CO)C1. The molecule has 2 N–H and O–H groups in total. The normalized spacial score (nSPS) is 30.3. The number of hydrogen-bond acceptors (Lipinski definition) is 5. The highest BCUT2D eigenvalue weighted by Crippen LogP contribution is 2.09. The molecule has 0 saturated carbocycles. The Morgan fingerprint density at radius 1 is 1.35 bits per heavy atom. The number of carbonyl (C=O) groups is 1. The topological polar surface area (TPSA) is 71.0 Å². The van der Waals surface area contributed by atoms with Gasteiger partial charge in [-0.1, -0.05) is 0 Å². The lowest BCUT2D eigenvalue weighted by atomic mass is 10.2. The quantitative estimate of drug-likeness (QED) is 0.638. The molecule has 0 bridgehead atoms. The zero-order valence-electron chi connectivity index (χ0n) is 9.93. The second kappa shape index (κ2) is 6.30. The smallest absolute Gasteiger partial charge is 0.225 e. The van der Waals surface area contributed by atoms with E-state index < -0.39 is 0 Å². The number of aliphatic hydroxyl groups excluding tert-OH is 1. The number of nitrogens with one attached hydrogen (secondary N) is 1. The second-order valence-electron chi connectivity index (χ2n) is 4.42. The van der Waals surface area contributed by atoms with E-state index in [0.29, 0.717) is 32.7 Å². The molecule has 2 saturated heterocycles. The van der Waals surface area contributed by atoms with Gasteiger partial charge in [0.15, 0.2) is 0 Å². The summed E-state index contributed by atoms with van der Waals surface area (Å²) in [7, 11) is 0. The summed E-state index contributed by atoms with van der Waals surface area (Å²) in [6.07, 6.45) is 0.148. The third kappa shape index (κ3) is 3.64. The molecule has 17 heavy (non-hydrogen) atoms. The largest absolute Gasteiger partial charge is 0.394 e. The minimum Gasteiger partial charge on any atom is -0.394 e.